The SMILES string of the molecule is CCCCn1c(-c2ccccc2)nc(-c2ccc(OC)cc2)c1CN(CC)Cc1ccc(C(N)=O)c(O)c1. The van der Waals surface area contributed by atoms with Gasteiger partial charge in [-0.15, -0.1) is 0 Å². The maximum atomic E-state index is 11.5. The van der Waals surface area contributed by atoms with Crippen molar-refractivity contribution in [3.05, 3.63) is 89.6 Å². The van der Waals surface area contributed by atoms with Crippen molar-refractivity contribution in [2.75, 3.05) is 13.7 Å². The minimum Gasteiger partial charge on any atom is -0.507 e. The van der Waals surface area contributed by atoms with Crippen molar-refractivity contribution in [1.82, 2.24) is 14.5 Å². The van der Waals surface area contributed by atoms with E-state index in [-0.39, 0.29) is 11.3 Å². The lowest BCUT2D eigenvalue weighted by Crippen LogP contribution is -2.24. The molecule has 0 saturated carbocycles. The van der Waals surface area contributed by atoms with Crippen LogP contribution in [0.5, 0.6) is 11.5 Å². The van der Waals surface area contributed by atoms with Crippen LogP contribution in [0.15, 0.2) is 72.8 Å². The van der Waals surface area contributed by atoms with Crippen molar-refractivity contribution in [1.29, 1.82) is 0 Å². The van der Waals surface area contributed by atoms with Crippen molar-refractivity contribution in [3.63, 3.8) is 0 Å². The molecule has 0 unspecified atom stereocenters. The Morgan fingerprint density at radius 1 is 1.00 bits per heavy atom. The number of primary amides is 1. The van der Waals surface area contributed by atoms with Gasteiger partial charge in [0.25, 0.3) is 5.91 Å². The number of carbonyl (C=O) groups is 1. The molecule has 0 saturated heterocycles. The molecule has 7 heteroatoms. The fraction of sp³-hybridized carbons (Fsp3) is 0.290. The van der Waals surface area contributed by atoms with E-state index in [1.807, 2.05) is 36.4 Å². The van der Waals surface area contributed by atoms with Crippen LogP contribution in [0.2, 0.25) is 0 Å². The Bertz CT molecular complexity index is 1360. The number of carbonyl (C=O) groups excluding carboxylic acids is 1. The molecule has 0 aliphatic rings. The lowest BCUT2D eigenvalue weighted by Gasteiger charge is -2.23. The highest BCUT2D eigenvalue weighted by Crippen LogP contribution is 2.32. The molecule has 0 aliphatic carbocycles. The number of nitrogens with zero attached hydrogens (tertiary/aromatic N) is 3. The highest BCUT2D eigenvalue weighted by atomic mass is 16.5. The Morgan fingerprint density at radius 2 is 1.74 bits per heavy atom. The second kappa shape index (κ2) is 12.4. The fourth-order valence-electron chi connectivity index (χ4n) is 4.62. The predicted molar refractivity (Wildman–Crippen MR) is 151 cm³/mol. The van der Waals surface area contributed by atoms with Gasteiger partial charge >= 0.3 is 0 Å². The van der Waals surface area contributed by atoms with Gasteiger partial charge in [0, 0.05) is 30.8 Å². The second-order valence-electron chi connectivity index (χ2n) is 9.35. The normalized spacial score (nSPS) is 11.2. The minimum atomic E-state index is -0.640. The van der Waals surface area contributed by atoms with E-state index in [1.54, 1.807) is 19.2 Å². The lowest BCUT2D eigenvalue weighted by atomic mass is 10.1. The van der Waals surface area contributed by atoms with Gasteiger partial charge in [-0.05, 0) is 54.9 Å². The number of hydrogen-bond donors (Lipinski definition) is 2. The molecule has 4 rings (SSSR count). The number of nitrogens with two attached hydrogens (primary N) is 1. The summed E-state index contributed by atoms with van der Waals surface area (Å²) in [6.07, 6.45) is 2.12. The quantitative estimate of drug-likeness (QED) is 0.248. The van der Waals surface area contributed by atoms with E-state index in [2.05, 4.69) is 47.6 Å². The number of phenols is 1. The summed E-state index contributed by atoms with van der Waals surface area (Å²) in [7, 11) is 1.67. The lowest BCUT2D eigenvalue weighted by molar-refractivity contribution is 0.0997. The topological polar surface area (TPSA) is 93.6 Å². The number of rotatable bonds is 12. The van der Waals surface area contributed by atoms with E-state index < -0.39 is 5.91 Å². The maximum absolute atomic E-state index is 11.5. The van der Waals surface area contributed by atoms with Gasteiger partial charge in [-0.2, -0.15) is 0 Å². The molecule has 0 atom stereocenters. The summed E-state index contributed by atoms with van der Waals surface area (Å²) >= 11 is 0. The zero-order valence-corrected chi connectivity index (χ0v) is 22.4. The first-order chi connectivity index (χ1) is 18.4. The summed E-state index contributed by atoms with van der Waals surface area (Å²) in [5, 5.41) is 10.3. The summed E-state index contributed by atoms with van der Waals surface area (Å²) < 4.78 is 7.74. The van der Waals surface area contributed by atoms with Crippen molar-refractivity contribution in [2.24, 2.45) is 5.73 Å². The van der Waals surface area contributed by atoms with Crippen LogP contribution in [0.25, 0.3) is 22.6 Å². The summed E-state index contributed by atoms with van der Waals surface area (Å²) in [5.74, 6) is 1.03. The Hall–Kier alpha value is -4.10. The van der Waals surface area contributed by atoms with Gasteiger partial charge in [0.1, 0.15) is 17.3 Å². The Labute approximate surface area is 224 Å². The van der Waals surface area contributed by atoms with E-state index in [0.717, 1.165) is 65.6 Å². The van der Waals surface area contributed by atoms with Gasteiger partial charge in [0.15, 0.2) is 0 Å². The molecule has 38 heavy (non-hydrogen) atoms. The molecule has 3 aromatic carbocycles. The zero-order valence-electron chi connectivity index (χ0n) is 22.4. The summed E-state index contributed by atoms with van der Waals surface area (Å²) in [4.78, 5) is 19.1. The monoisotopic (exact) mass is 512 g/mol. The van der Waals surface area contributed by atoms with Crippen LogP contribution in [0, 0.1) is 0 Å². The first kappa shape index (κ1) is 26.9. The van der Waals surface area contributed by atoms with E-state index in [9.17, 15) is 9.90 Å². The molecule has 1 aromatic heterocycles. The molecule has 0 bridgehead atoms. The van der Waals surface area contributed by atoms with Gasteiger partial charge in [0.2, 0.25) is 0 Å². The minimum absolute atomic E-state index is 0.0932. The molecule has 3 N–H and O–H groups in total. The Kier molecular flexibility index (Phi) is 8.81. The van der Waals surface area contributed by atoms with Gasteiger partial charge in [0.05, 0.1) is 24.1 Å². The molecule has 7 nitrogen and oxygen atoms in total. The smallest absolute Gasteiger partial charge is 0.252 e. The highest BCUT2D eigenvalue weighted by Gasteiger charge is 2.22. The van der Waals surface area contributed by atoms with Gasteiger partial charge in [-0.1, -0.05) is 56.7 Å². The van der Waals surface area contributed by atoms with Crippen molar-refractivity contribution in [3.8, 4) is 34.1 Å². The molecular formula is C31H36N4O3. The third kappa shape index (κ3) is 6.06. The average Bonchev–Trinajstić information content (AvgIpc) is 3.29. The molecule has 198 valence electrons. The summed E-state index contributed by atoms with van der Waals surface area (Å²) in [5.41, 5.74) is 10.6. The van der Waals surface area contributed by atoms with Gasteiger partial charge in [-0.25, -0.2) is 4.98 Å². The fourth-order valence-corrected chi connectivity index (χ4v) is 4.62. The number of imidazole rings is 1. The number of benzene rings is 3. The predicted octanol–water partition coefficient (Wildman–Crippen LogP) is 5.85. The largest absolute Gasteiger partial charge is 0.507 e. The van der Waals surface area contributed by atoms with E-state index in [0.29, 0.717) is 13.1 Å². The molecule has 1 heterocycles. The van der Waals surface area contributed by atoms with Crippen molar-refractivity contribution >= 4 is 5.91 Å². The Morgan fingerprint density at radius 3 is 2.34 bits per heavy atom. The number of hydrogen-bond acceptors (Lipinski definition) is 5. The molecule has 0 fully saturated rings. The van der Waals surface area contributed by atoms with Crippen molar-refractivity contribution < 1.29 is 14.6 Å². The van der Waals surface area contributed by atoms with Gasteiger partial charge in [-0.3, -0.25) is 9.69 Å². The number of aromatic nitrogens is 2. The number of aromatic hydroxyl groups is 1. The maximum Gasteiger partial charge on any atom is 0.252 e. The molecular weight excluding hydrogens is 476 g/mol. The molecule has 0 aliphatic heterocycles. The van der Waals surface area contributed by atoms with E-state index >= 15 is 0 Å². The molecule has 4 aromatic rings. The van der Waals surface area contributed by atoms with Crippen LogP contribution in [-0.2, 0) is 19.6 Å². The molecule has 0 radical (unpaired) electrons. The summed E-state index contributed by atoms with van der Waals surface area (Å²) in [6.45, 7) is 7.24. The molecule has 1 amide bonds. The third-order valence-corrected chi connectivity index (χ3v) is 6.76. The van der Waals surface area contributed by atoms with Crippen LogP contribution in [-0.4, -0.2) is 39.1 Å². The summed E-state index contributed by atoms with van der Waals surface area (Å²) in [6, 6.07) is 23.4. The molecule has 0 spiro atoms. The highest BCUT2D eigenvalue weighted by molar-refractivity contribution is 5.95. The zero-order chi connectivity index (χ0) is 27.1. The van der Waals surface area contributed by atoms with Crippen LogP contribution in [0.4, 0.5) is 0 Å². The first-order valence-corrected chi connectivity index (χ1v) is 13.1. The van der Waals surface area contributed by atoms with Crippen LogP contribution in [0.3, 0.4) is 0 Å². The van der Waals surface area contributed by atoms with Crippen molar-refractivity contribution in [2.45, 2.75) is 46.3 Å². The van der Waals surface area contributed by atoms with Crippen LogP contribution in [0.1, 0.15) is 48.3 Å². The third-order valence-electron chi connectivity index (χ3n) is 6.76. The number of ether oxygens (including phenoxy) is 1. The average molecular weight is 513 g/mol. The first-order valence-electron chi connectivity index (χ1n) is 13.1. The van der Waals surface area contributed by atoms with Crippen LogP contribution >= 0.6 is 0 Å². The number of methoxy groups -OCH3 is 1. The van der Waals surface area contributed by atoms with Gasteiger partial charge < -0.3 is 20.1 Å². The second-order valence-corrected chi connectivity index (χ2v) is 9.35. The van der Waals surface area contributed by atoms with Crippen LogP contribution < -0.4 is 10.5 Å². The Balaban J connectivity index is 1.77. The standard InChI is InChI=1S/C31H36N4O3/c1-4-6-18-35-27(21-34(5-2)20-22-12-17-26(30(32)37)28(36)19-22)29(23-13-15-25(38-3)16-14-23)33-31(35)24-10-8-7-9-11-24/h7-17,19,36H,4-6,18,20-21H2,1-3H3,(H2,32,37). The number of amides is 1. The van der Waals surface area contributed by atoms with E-state index in [1.165, 1.54) is 0 Å². The number of unbranched alkanes of at least 4 members (excludes halogenated alkanes) is 1. The van der Waals surface area contributed by atoms with E-state index in [4.69, 9.17) is 15.5 Å².